The maximum Gasteiger partial charge on any atom is 0.227 e. The van der Waals surface area contributed by atoms with Crippen LogP contribution in [0, 0.1) is 17.3 Å². The molecule has 2 aliphatic rings. The van der Waals surface area contributed by atoms with E-state index in [-0.39, 0.29) is 11.5 Å². The Morgan fingerprint density at radius 2 is 2.09 bits per heavy atom. The maximum atomic E-state index is 6.28. The summed E-state index contributed by atoms with van der Waals surface area (Å²) in [5.41, 5.74) is 1.30. The van der Waals surface area contributed by atoms with Crippen LogP contribution in [-0.2, 0) is 4.74 Å². The molecule has 4 nitrogen and oxygen atoms in total. The fraction of sp³-hybridized carbons (Fsp3) is 0.706. The lowest BCUT2D eigenvalue weighted by atomic mass is 9.60. The first-order valence-electron chi connectivity index (χ1n) is 8.11. The number of hydrogen-bond acceptors (Lipinski definition) is 4. The topological polar surface area (TPSA) is 38.2 Å². The van der Waals surface area contributed by atoms with E-state index in [1.165, 1.54) is 12.3 Å². The molecule has 2 atom stereocenters. The number of ether oxygens (including phenoxy) is 1. The molecule has 1 radical (unpaired) electrons. The molecule has 0 bridgehead atoms. The first-order chi connectivity index (χ1) is 10.4. The van der Waals surface area contributed by atoms with Crippen molar-refractivity contribution in [3.63, 3.8) is 0 Å². The predicted octanol–water partition coefficient (Wildman–Crippen LogP) is 3.73. The number of nitrogens with zero attached hydrogens (tertiary/aromatic N) is 3. The van der Waals surface area contributed by atoms with Gasteiger partial charge in [0, 0.05) is 12.5 Å². The Morgan fingerprint density at radius 1 is 1.32 bits per heavy atom. The molecule has 2 fully saturated rings. The molecule has 5 heteroatoms. The first-order valence-corrected chi connectivity index (χ1v) is 8.49. The van der Waals surface area contributed by atoms with Crippen molar-refractivity contribution in [2.24, 2.45) is 11.3 Å². The Hall–Kier alpha value is -0.870. The summed E-state index contributed by atoms with van der Waals surface area (Å²) in [5.74, 6) is 2.76. The van der Waals surface area contributed by atoms with E-state index < -0.39 is 0 Å². The van der Waals surface area contributed by atoms with Gasteiger partial charge in [0.05, 0.1) is 24.9 Å². The number of hydrogen-bond donors (Lipinski definition) is 0. The Kier molecular flexibility index (Phi) is 4.34. The zero-order valence-corrected chi connectivity index (χ0v) is 14.7. The standard InChI is InChI=1S/C17H25ClN3O/c1-11-10-22-8-7-21(11)16-19-14(9-15(18)20-16)12-5-6-13(12)17(2,3)4/h9,11,13H,5-8,10H2,1-4H3/t11-,13?/m0/s1. The molecule has 0 spiro atoms. The number of halogens is 1. The van der Waals surface area contributed by atoms with Gasteiger partial charge in [0.1, 0.15) is 5.15 Å². The third-order valence-corrected chi connectivity index (χ3v) is 5.00. The normalized spacial score (nSPS) is 26.9. The number of rotatable bonds is 2. The molecule has 1 aliphatic carbocycles. The first kappa shape index (κ1) is 16.0. The number of morpholine rings is 1. The second-order valence-electron chi connectivity index (χ2n) is 7.48. The molecule has 22 heavy (non-hydrogen) atoms. The van der Waals surface area contributed by atoms with E-state index in [1.807, 2.05) is 6.07 Å². The van der Waals surface area contributed by atoms with Crippen molar-refractivity contribution in [1.82, 2.24) is 9.97 Å². The zero-order chi connectivity index (χ0) is 15.9. The minimum atomic E-state index is 0.275. The zero-order valence-electron chi connectivity index (χ0n) is 13.9. The molecular formula is C17H25ClN3O. The van der Waals surface area contributed by atoms with Crippen LogP contribution in [0.4, 0.5) is 5.95 Å². The molecule has 1 aromatic heterocycles. The predicted molar refractivity (Wildman–Crippen MR) is 89.2 cm³/mol. The molecule has 1 aliphatic heterocycles. The molecule has 0 amide bonds. The van der Waals surface area contributed by atoms with Crippen LogP contribution in [0.1, 0.15) is 46.2 Å². The second kappa shape index (κ2) is 5.97. The van der Waals surface area contributed by atoms with Gasteiger partial charge in [-0.3, -0.25) is 0 Å². The summed E-state index contributed by atoms with van der Waals surface area (Å²) in [6.07, 6.45) is 2.36. The van der Waals surface area contributed by atoms with E-state index in [9.17, 15) is 0 Å². The van der Waals surface area contributed by atoms with Gasteiger partial charge in [-0.25, -0.2) is 9.97 Å². The SMILES string of the molecule is C[C@H]1COCCN1c1nc(Cl)cc([C]2CCC2C(C)(C)C)n1. The highest BCUT2D eigenvalue weighted by atomic mass is 35.5. The average Bonchev–Trinajstić information content (AvgIpc) is 2.35. The van der Waals surface area contributed by atoms with Crippen LogP contribution in [0.15, 0.2) is 6.07 Å². The molecule has 3 rings (SSSR count). The summed E-state index contributed by atoms with van der Waals surface area (Å²) in [4.78, 5) is 11.5. The lowest BCUT2D eigenvalue weighted by Crippen LogP contribution is -2.45. The third kappa shape index (κ3) is 3.09. The van der Waals surface area contributed by atoms with Gasteiger partial charge >= 0.3 is 0 Å². The Bertz CT molecular complexity index is 543. The van der Waals surface area contributed by atoms with Gasteiger partial charge in [0.25, 0.3) is 0 Å². The van der Waals surface area contributed by atoms with Crippen molar-refractivity contribution in [2.75, 3.05) is 24.7 Å². The van der Waals surface area contributed by atoms with E-state index in [0.717, 1.165) is 31.2 Å². The van der Waals surface area contributed by atoms with Gasteiger partial charge in [0.2, 0.25) is 5.95 Å². The largest absolute Gasteiger partial charge is 0.377 e. The summed E-state index contributed by atoms with van der Waals surface area (Å²) in [7, 11) is 0. The van der Waals surface area contributed by atoms with Gasteiger partial charge in [-0.1, -0.05) is 32.4 Å². The van der Waals surface area contributed by atoms with E-state index in [4.69, 9.17) is 21.3 Å². The smallest absolute Gasteiger partial charge is 0.227 e. The van der Waals surface area contributed by atoms with E-state index in [2.05, 4.69) is 37.6 Å². The van der Waals surface area contributed by atoms with Gasteiger partial charge in [-0.15, -0.1) is 0 Å². The van der Waals surface area contributed by atoms with Crippen LogP contribution in [0.5, 0.6) is 0 Å². The van der Waals surface area contributed by atoms with Gasteiger partial charge < -0.3 is 9.64 Å². The Labute approximate surface area is 138 Å². The average molecular weight is 323 g/mol. The monoisotopic (exact) mass is 322 g/mol. The van der Waals surface area contributed by atoms with Crippen LogP contribution in [0.3, 0.4) is 0 Å². The maximum absolute atomic E-state index is 6.28. The molecule has 1 unspecified atom stereocenters. The minimum Gasteiger partial charge on any atom is -0.377 e. The fourth-order valence-electron chi connectivity index (χ4n) is 3.42. The van der Waals surface area contributed by atoms with E-state index in [1.54, 1.807) is 0 Å². The third-order valence-electron chi connectivity index (χ3n) is 4.80. The van der Waals surface area contributed by atoms with Crippen molar-refractivity contribution in [3.8, 4) is 0 Å². The highest BCUT2D eigenvalue weighted by Gasteiger charge is 2.41. The van der Waals surface area contributed by atoms with E-state index in [0.29, 0.717) is 17.7 Å². The van der Waals surface area contributed by atoms with Crippen molar-refractivity contribution in [2.45, 2.75) is 46.6 Å². The number of aromatic nitrogens is 2. The lowest BCUT2D eigenvalue weighted by molar-refractivity contribution is 0.0980. The molecule has 1 saturated carbocycles. The number of anilines is 1. The van der Waals surface area contributed by atoms with Gasteiger partial charge in [-0.2, -0.15) is 0 Å². The Balaban J connectivity index is 1.87. The van der Waals surface area contributed by atoms with Crippen LogP contribution in [0.2, 0.25) is 5.15 Å². The van der Waals surface area contributed by atoms with Crippen molar-refractivity contribution < 1.29 is 4.74 Å². The summed E-state index contributed by atoms with van der Waals surface area (Å²) < 4.78 is 5.50. The van der Waals surface area contributed by atoms with Crippen molar-refractivity contribution in [3.05, 3.63) is 22.8 Å². The van der Waals surface area contributed by atoms with Crippen molar-refractivity contribution in [1.29, 1.82) is 0 Å². The molecule has 0 N–H and O–H groups in total. The molecule has 2 heterocycles. The van der Waals surface area contributed by atoms with Gasteiger partial charge in [-0.05, 0) is 37.2 Å². The van der Waals surface area contributed by atoms with Crippen LogP contribution < -0.4 is 4.90 Å². The fourth-order valence-corrected chi connectivity index (χ4v) is 3.60. The second-order valence-corrected chi connectivity index (χ2v) is 7.86. The molecule has 1 saturated heterocycles. The van der Waals surface area contributed by atoms with Crippen molar-refractivity contribution >= 4 is 17.5 Å². The molecule has 0 aromatic carbocycles. The highest BCUT2D eigenvalue weighted by molar-refractivity contribution is 6.29. The van der Waals surface area contributed by atoms with Crippen LogP contribution >= 0.6 is 11.6 Å². The summed E-state index contributed by atoms with van der Waals surface area (Å²) >= 11 is 6.28. The summed E-state index contributed by atoms with van der Waals surface area (Å²) in [5, 5.41) is 0.533. The minimum absolute atomic E-state index is 0.275. The molecule has 1 aromatic rings. The quantitative estimate of drug-likeness (QED) is 0.778. The van der Waals surface area contributed by atoms with Crippen LogP contribution in [-0.4, -0.2) is 35.8 Å². The highest BCUT2D eigenvalue weighted by Crippen LogP contribution is 2.50. The van der Waals surface area contributed by atoms with Crippen LogP contribution in [0.25, 0.3) is 0 Å². The lowest BCUT2D eigenvalue weighted by Gasteiger charge is -2.44. The summed E-state index contributed by atoms with van der Waals surface area (Å²) in [6.45, 7) is 11.3. The Morgan fingerprint density at radius 3 is 2.68 bits per heavy atom. The molecular weight excluding hydrogens is 298 g/mol. The summed E-state index contributed by atoms with van der Waals surface area (Å²) in [6, 6.07) is 2.20. The van der Waals surface area contributed by atoms with E-state index >= 15 is 0 Å². The molecule has 121 valence electrons. The van der Waals surface area contributed by atoms with Gasteiger partial charge in [0.15, 0.2) is 0 Å².